The van der Waals surface area contributed by atoms with E-state index in [0.717, 1.165) is 12.8 Å². The summed E-state index contributed by atoms with van der Waals surface area (Å²) in [5, 5.41) is 11.5. The Kier molecular flexibility index (Phi) is 8.15. The van der Waals surface area contributed by atoms with Gasteiger partial charge in [0.15, 0.2) is 11.5 Å². The number of ether oxygens (including phenoxy) is 3. The predicted molar refractivity (Wildman–Crippen MR) is 97.8 cm³/mol. The number of rotatable bonds is 9. The molecule has 0 aliphatic rings. The molecule has 1 aromatic carbocycles. The lowest BCUT2D eigenvalue weighted by atomic mass is 9.96. The molecular formula is C18H28N2O6. The quantitative estimate of drug-likeness (QED) is 0.480. The lowest BCUT2D eigenvalue weighted by Gasteiger charge is -2.25. The Hall–Kier alpha value is -2.51. The van der Waals surface area contributed by atoms with Crippen LogP contribution in [0.3, 0.4) is 0 Å². The second-order valence-electron chi connectivity index (χ2n) is 6.35. The van der Waals surface area contributed by atoms with Gasteiger partial charge >= 0.3 is 6.09 Å². The van der Waals surface area contributed by atoms with Crippen LogP contribution in [-0.4, -0.2) is 43.7 Å². The van der Waals surface area contributed by atoms with E-state index in [-0.39, 0.29) is 22.9 Å². The number of benzene rings is 1. The first-order valence-electron chi connectivity index (χ1n) is 8.58. The third-order valence-corrected chi connectivity index (χ3v) is 4.03. The average Bonchev–Trinajstić information content (AvgIpc) is 2.62. The fourth-order valence-electron chi connectivity index (χ4n) is 2.51. The molecule has 1 aromatic rings. The topological polar surface area (TPSA) is 91.1 Å². The zero-order valence-corrected chi connectivity index (χ0v) is 16.3. The molecule has 8 nitrogen and oxygen atoms in total. The number of unbranched alkanes of at least 4 members (excludes halogenated alkanes) is 1. The van der Waals surface area contributed by atoms with E-state index in [1.807, 2.05) is 20.8 Å². The molecule has 0 fully saturated rings. The van der Waals surface area contributed by atoms with Crippen LogP contribution >= 0.6 is 0 Å². The molecule has 0 aliphatic carbocycles. The van der Waals surface area contributed by atoms with Crippen LogP contribution in [0.25, 0.3) is 0 Å². The molecule has 0 saturated carbocycles. The summed E-state index contributed by atoms with van der Waals surface area (Å²) in [5.74, 6) is 0.418. The summed E-state index contributed by atoms with van der Waals surface area (Å²) in [6.45, 7) is 6.27. The lowest BCUT2D eigenvalue weighted by Crippen LogP contribution is -2.31. The molecule has 0 aromatic heterocycles. The first kappa shape index (κ1) is 21.5. The van der Waals surface area contributed by atoms with E-state index < -0.39 is 17.1 Å². The van der Waals surface area contributed by atoms with E-state index in [1.54, 1.807) is 7.05 Å². The van der Waals surface area contributed by atoms with Gasteiger partial charge in [0.05, 0.1) is 30.8 Å². The summed E-state index contributed by atoms with van der Waals surface area (Å²) in [4.78, 5) is 24.9. The molecule has 1 amide bonds. The van der Waals surface area contributed by atoms with E-state index in [0.29, 0.717) is 12.3 Å². The fraction of sp³-hybridized carbons (Fsp3) is 0.611. The van der Waals surface area contributed by atoms with Crippen LogP contribution in [0.4, 0.5) is 10.5 Å². The van der Waals surface area contributed by atoms with Gasteiger partial charge < -0.3 is 19.1 Å². The van der Waals surface area contributed by atoms with Gasteiger partial charge in [0.2, 0.25) is 0 Å². The molecule has 146 valence electrons. The van der Waals surface area contributed by atoms with Gasteiger partial charge in [-0.05, 0) is 18.4 Å². The third kappa shape index (κ3) is 5.24. The molecule has 0 saturated heterocycles. The van der Waals surface area contributed by atoms with Crippen LogP contribution in [-0.2, 0) is 4.74 Å². The minimum Gasteiger partial charge on any atom is -0.493 e. The SMILES string of the molecule is CCCCN(C)C(=O)OC(c1cc(OC)c(OC)cc1[N+](=O)[O-])C(C)C. The third-order valence-electron chi connectivity index (χ3n) is 4.03. The highest BCUT2D eigenvalue weighted by Crippen LogP contribution is 2.40. The second-order valence-corrected chi connectivity index (χ2v) is 6.35. The van der Waals surface area contributed by atoms with Crippen molar-refractivity contribution in [1.29, 1.82) is 0 Å². The van der Waals surface area contributed by atoms with E-state index in [9.17, 15) is 14.9 Å². The van der Waals surface area contributed by atoms with Crippen LogP contribution in [0, 0.1) is 16.0 Å². The smallest absolute Gasteiger partial charge is 0.410 e. The van der Waals surface area contributed by atoms with Crippen molar-refractivity contribution in [2.24, 2.45) is 5.92 Å². The molecule has 26 heavy (non-hydrogen) atoms. The highest BCUT2D eigenvalue weighted by atomic mass is 16.6. The van der Waals surface area contributed by atoms with Crippen molar-refractivity contribution in [2.45, 2.75) is 39.7 Å². The van der Waals surface area contributed by atoms with Crippen LogP contribution in [0.1, 0.15) is 45.3 Å². The molecule has 0 bridgehead atoms. The Labute approximate surface area is 154 Å². The van der Waals surface area contributed by atoms with Gasteiger partial charge in [0.25, 0.3) is 5.69 Å². The minimum absolute atomic E-state index is 0.171. The van der Waals surface area contributed by atoms with Gasteiger partial charge in [-0.2, -0.15) is 0 Å². The van der Waals surface area contributed by atoms with Crippen molar-refractivity contribution in [2.75, 3.05) is 27.8 Å². The Bertz CT molecular complexity index is 632. The van der Waals surface area contributed by atoms with Gasteiger partial charge in [-0.15, -0.1) is 0 Å². The van der Waals surface area contributed by atoms with Crippen LogP contribution < -0.4 is 9.47 Å². The number of amides is 1. The van der Waals surface area contributed by atoms with Crippen molar-refractivity contribution in [3.8, 4) is 11.5 Å². The maximum Gasteiger partial charge on any atom is 0.410 e. The van der Waals surface area contributed by atoms with Crippen molar-refractivity contribution in [3.63, 3.8) is 0 Å². The zero-order chi connectivity index (χ0) is 19.9. The average molecular weight is 368 g/mol. The fourth-order valence-corrected chi connectivity index (χ4v) is 2.51. The Morgan fingerprint density at radius 2 is 1.81 bits per heavy atom. The number of nitro benzene ring substituents is 1. The molecular weight excluding hydrogens is 340 g/mol. The predicted octanol–water partition coefficient (Wildman–Crippen LogP) is 4.18. The molecule has 0 radical (unpaired) electrons. The summed E-state index contributed by atoms with van der Waals surface area (Å²) in [6, 6.07) is 2.79. The normalized spacial score (nSPS) is 11.8. The molecule has 1 rings (SSSR count). The summed E-state index contributed by atoms with van der Waals surface area (Å²) in [6.07, 6.45) is 0.508. The summed E-state index contributed by atoms with van der Waals surface area (Å²) >= 11 is 0. The largest absolute Gasteiger partial charge is 0.493 e. The number of carbonyl (C=O) groups excluding carboxylic acids is 1. The minimum atomic E-state index is -0.785. The summed E-state index contributed by atoms with van der Waals surface area (Å²) < 4.78 is 16.0. The van der Waals surface area contributed by atoms with Crippen molar-refractivity contribution >= 4 is 11.8 Å². The highest BCUT2D eigenvalue weighted by molar-refractivity contribution is 5.68. The van der Waals surface area contributed by atoms with E-state index in [2.05, 4.69) is 0 Å². The number of carbonyl (C=O) groups is 1. The van der Waals surface area contributed by atoms with Gasteiger partial charge in [-0.3, -0.25) is 10.1 Å². The number of hydrogen-bond acceptors (Lipinski definition) is 6. The monoisotopic (exact) mass is 368 g/mol. The van der Waals surface area contributed by atoms with Gasteiger partial charge in [-0.25, -0.2) is 4.79 Å². The second kappa shape index (κ2) is 9.84. The Morgan fingerprint density at radius 1 is 1.23 bits per heavy atom. The molecule has 0 heterocycles. The van der Waals surface area contributed by atoms with Gasteiger partial charge in [0.1, 0.15) is 6.10 Å². The number of hydrogen-bond donors (Lipinski definition) is 0. The van der Waals surface area contributed by atoms with E-state index in [4.69, 9.17) is 14.2 Å². The van der Waals surface area contributed by atoms with Crippen molar-refractivity contribution in [1.82, 2.24) is 4.90 Å². The van der Waals surface area contributed by atoms with Crippen LogP contribution in [0.5, 0.6) is 11.5 Å². The number of nitrogens with zero attached hydrogens (tertiary/aromatic N) is 2. The van der Waals surface area contributed by atoms with Crippen LogP contribution in [0.2, 0.25) is 0 Å². The molecule has 1 unspecified atom stereocenters. The lowest BCUT2D eigenvalue weighted by molar-refractivity contribution is -0.386. The zero-order valence-electron chi connectivity index (χ0n) is 16.3. The first-order valence-corrected chi connectivity index (χ1v) is 8.58. The standard InChI is InChI=1S/C18H28N2O6/c1-7-8-9-19(4)18(21)26-17(12(2)3)13-10-15(24-5)16(25-6)11-14(13)20(22)23/h10-12,17H,7-9H2,1-6H3. The molecule has 0 N–H and O–H groups in total. The molecule has 8 heteroatoms. The van der Waals surface area contributed by atoms with Crippen molar-refractivity contribution in [3.05, 3.63) is 27.8 Å². The van der Waals surface area contributed by atoms with E-state index in [1.165, 1.54) is 31.3 Å². The van der Waals surface area contributed by atoms with Gasteiger partial charge in [-0.1, -0.05) is 27.2 Å². The highest BCUT2D eigenvalue weighted by Gasteiger charge is 2.31. The maximum absolute atomic E-state index is 12.4. The first-order chi connectivity index (χ1) is 12.3. The van der Waals surface area contributed by atoms with Gasteiger partial charge in [0, 0.05) is 13.6 Å². The maximum atomic E-state index is 12.4. The summed E-state index contributed by atoms with van der Waals surface area (Å²) in [7, 11) is 4.50. The number of nitro groups is 1. The molecule has 1 atom stereocenters. The molecule has 0 aliphatic heterocycles. The van der Waals surface area contributed by atoms with E-state index >= 15 is 0 Å². The molecule has 0 spiro atoms. The van der Waals surface area contributed by atoms with Crippen LogP contribution in [0.15, 0.2) is 12.1 Å². The Morgan fingerprint density at radius 3 is 2.27 bits per heavy atom. The number of methoxy groups -OCH3 is 2. The van der Waals surface area contributed by atoms with Crippen molar-refractivity contribution < 1.29 is 23.9 Å². The summed E-state index contributed by atoms with van der Waals surface area (Å²) in [5.41, 5.74) is 0.102. The Balaban J connectivity index is 3.27.